The second-order valence-corrected chi connectivity index (χ2v) is 5.24. The number of carbonyl (C=O) groups is 2. The molecule has 1 aliphatic rings. The van der Waals surface area contributed by atoms with Crippen LogP contribution in [0.1, 0.15) is 46.8 Å². The summed E-state index contributed by atoms with van der Waals surface area (Å²) in [6.45, 7) is 6.38. The molecule has 7 heteroatoms. The van der Waals surface area contributed by atoms with Crippen molar-refractivity contribution in [2.45, 2.75) is 38.8 Å². The van der Waals surface area contributed by atoms with Crippen LogP contribution in [0.3, 0.4) is 0 Å². The summed E-state index contributed by atoms with van der Waals surface area (Å²) in [6.07, 6.45) is -2.19. The van der Waals surface area contributed by atoms with E-state index in [-0.39, 0.29) is 0 Å². The van der Waals surface area contributed by atoms with Crippen LogP contribution in [-0.4, -0.2) is 36.6 Å². The number of carboxylic acid groups (broad SMARTS) is 1. The molecule has 0 amide bonds. The van der Waals surface area contributed by atoms with Gasteiger partial charge in [-0.1, -0.05) is 26.0 Å². The second-order valence-electron chi connectivity index (χ2n) is 5.24. The van der Waals surface area contributed by atoms with Gasteiger partial charge in [0.1, 0.15) is 0 Å². The van der Waals surface area contributed by atoms with E-state index >= 15 is 0 Å². The van der Waals surface area contributed by atoms with Crippen molar-refractivity contribution in [2.24, 2.45) is 0 Å². The molecule has 0 bridgehead atoms. The summed E-state index contributed by atoms with van der Waals surface area (Å²) in [7, 11) is 0. The smallest absolute Gasteiger partial charge is 0.475 e. The van der Waals surface area contributed by atoms with E-state index in [1.165, 1.54) is 16.7 Å². The first-order valence-corrected chi connectivity index (χ1v) is 7.36. The topological polar surface area (TPSA) is 66.4 Å². The molecule has 1 aliphatic heterocycles. The maximum atomic E-state index is 11.1. The van der Waals surface area contributed by atoms with Crippen molar-refractivity contribution in [2.75, 3.05) is 13.1 Å². The van der Waals surface area contributed by atoms with E-state index in [1.54, 1.807) is 0 Å². The molecule has 0 spiro atoms. The molecule has 23 heavy (non-hydrogen) atoms. The molecule has 1 fully saturated rings. The number of nitrogens with one attached hydrogen (secondary N) is 1. The Balaban J connectivity index is 0.000000322. The second kappa shape index (κ2) is 8.10. The third-order valence-corrected chi connectivity index (χ3v) is 3.75. The molecule has 2 N–H and O–H groups in total. The lowest BCUT2D eigenvalue weighted by molar-refractivity contribution is -0.192. The van der Waals surface area contributed by atoms with Crippen molar-refractivity contribution >= 4 is 12.3 Å². The van der Waals surface area contributed by atoms with Crippen LogP contribution >= 0.6 is 0 Å². The molecule has 0 saturated carbocycles. The van der Waals surface area contributed by atoms with E-state index in [0.717, 1.165) is 37.8 Å². The zero-order valence-corrected chi connectivity index (χ0v) is 13.0. The molecule has 0 atom stereocenters. The van der Waals surface area contributed by atoms with Crippen molar-refractivity contribution in [3.8, 4) is 0 Å². The van der Waals surface area contributed by atoms with Gasteiger partial charge in [-0.15, -0.1) is 0 Å². The number of halogens is 3. The summed E-state index contributed by atoms with van der Waals surface area (Å²) >= 11 is 0. The van der Waals surface area contributed by atoms with Gasteiger partial charge in [-0.3, -0.25) is 4.79 Å². The van der Waals surface area contributed by atoms with E-state index < -0.39 is 12.1 Å². The third-order valence-electron chi connectivity index (χ3n) is 3.75. The number of hydrogen-bond donors (Lipinski definition) is 2. The highest BCUT2D eigenvalue weighted by atomic mass is 19.4. The van der Waals surface area contributed by atoms with Gasteiger partial charge in [0, 0.05) is 24.6 Å². The van der Waals surface area contributed by atoms with Crippen LogP contribution in [0.2, 0.25) is 0 Å². The number of carbonyl (C=O) groups excluding carboxylic acids is 1. The first-order chi connectivity index (χ1) is 10.7. The highest BCUT2D eigenvalue weighted by molar-refractivity contribution is 5.80. The van der Waals surface area contributed by atoms with E-state index in [2.05, 4.69) is 31.3 Å². The van der Waals surface area contributed by atoms with E-state index in [4.69, 9.17) is 9.90 Å². The number of rotatable bonds is 4. The summed E-state index contributed by atoms with van der Waals surface area (Å²) in [4.78, 5) is 20.0. The Hall–Kier alpha value is -1.89. The predicted octanol–water partition coefficient (Wildman–Crippen LogP) is 2.94. The molecule has 128 valence electrons. The average molecular weight is 331 g/mol. The Labute approximate surface area is 132 Å². The normalized spacial score (nSPS) is 14.5. The number of aldehydes is 1. The summed E-state index contributed by atoms with van der Waals surface area (Å²) in [6, 6.07) is 4.43. The van der Waals surface area contributed by atoms with Crippen LogP contribution in [0.15, 0.2) is 12.1 Å². The Morgan fingerprint density at radius 1 is 1.26 bits per heavy atom. The molecule has 1 aromatic rings. The molecule has 0 aliphatic carbocycles. The minimum atomic E-state index is -5.08. The largest absolute Gasteiger partial charge is 0.490 e. The van der Waals surface area contributed by atoms with Crippen LogP contribution in [0, 0.1) is 0 Å². The minimum absolute atomic E-state index is 0.649. The van der Waals surface area contributed by atoms with Crippen molar-refractivity contribution in [3.63, 3.8) is 0 Å². The fourth-order valence-electron chi connectivity index (χ4n) is 2.30. The fourth-order valence-corrected chi connectivity index (χ4v) is 2.30. The maximum Gasteiger partial charge on any atom is 0.490 e. The molecule has 0 aromatic heterocycles. The Bertz CT molecular complexity index is 541. The fraction of sp³-hybridized carbons (Fsp3) is 0.500. The summed E-state index contributed by atoms with van der Waals surface area (Å²) in [5.74, 6) is -2.11. The Morgan fingerprint density at radius 3 is 1.91 bits per heavy atom. The first-order valence-electron chi connectivity index (χ1n) is 7.36. The van der Waals surface area contributed by atoms with Gasteiger partial charge in [-0.25, -0.2) is 4.79 Å². The van der Waals surface area contributed by atoms with Crippen molar-refractivity contribution < 1.29 is 27.9 Å². The van der Waals surface area contributed by atoms with Crippen LogP contribution < -0.4 is 5.32 Å². The van der Waals surface area contributed by atoms with E-state index in [0.29, 0.717) is 5.92 Å². The highest BCUT2D eigenvalue weighted by Crippen LogP contribution is 2.25. The lowest BCUT2D eigenvalue weighted by atomic mass is 9.87. The molecule has 0 radical (unpaired) electrons. The van der Waals surface area contributed by atoms with Crippen LogP contribution in [-0.2, 0) is 17.6 Å². The number of hydrogen-bond acceptors (Lipinski definition) is 3. The third kappa shape index (κ3) is 5.06. The van der Waals surface area contributed by atoms with Crippen LogP contribution in [0.4, 0.5) is 13.2 Å². The molecule has 4 nitrogen and oxygen atoms in total. The number of alkyl halides is 3. The summed E-state index contributed by atoms with van der Waals surface area (Å²) < 4.78 is 31.7. The number of aliphatic carboxylic acids is 1. The Kier molecular flexibility index (Phi) is 6.75. The average Bonchev–Trinajstić information content (AvgIpc) is 2.43. The van der Waals surface area contributed by atoms with Gasteiger partial charge in [0.15, 0.2) is 6.29 Å². The number of benzene rings is 1. The minimum Gasteiger partial charge on any atom is -0.475 e. The number of aryl methyl sites for hydroxylation is 2. The van der Waals surface area contributed by atoms with Gasteiger partial charge < -0.3 is 10.4 Å². The lowest BCUT2D eigenvalue weighted by Gasteiger charge is -2.28. The van der Waals surface area contributed by atoms with Gasteiger partial charge in [0.2, 0.25) is 0 Å². The standard InChI is InChI=1S/C14H19NO.C2HF3O2/c1-3-10-5-12(13-7-15-8-13)6-11(4-2)14(10)9-16;3-2(4,5)1(6)7/h5-6,9,13,15H,3-4,7-8H2,1-2H3;(H,6,7). The molecular formula is C16H20F3NO3. The predicted molar refractivity (Wildman–Crippen MR) is 79.9 cm³/mol. The lowest BCUT2D eigenvalue weighted by Crippen LogP contribution is -2.40. The van der Waals surface area contributed by atoms with E-state index in [9.17, 15) is 18.0 Å². The van der Waals surface area contributed by atoms with Gasteiger partial charge in [-0.05, 0) is 29.5 Å². The van der Waals surface area contributed by atoms with Gasteiger partial charge in [0.05, 0.1) is 0 Å². The first kappa shape index (κ1) is 19.2. The summed E-state index contributed by atoms with van der Waals surface area (Å²) in [5.41, 5.74) is 4.73. The van der Waals surface area contributed by atoms with Crippen molar-refractivity contribution in [1.29, 1.82) is 0 Å². The zero-order valence-electron chi connectivity index (χ0n) is 13.0. The van der Waals surface area contributed by atoms with Crippen LogP contribution in [0.25, 0.3) is 0 Å². The molecule has 2 rings (SSSR count). The molecule has 1 aromatic carbocycles. The van der Waals surface area contributed by atoms with E-state index in [1.807, 2.05) is 0 Å². The van der Waals surface area contributed by atoms with Gasteiger partial charge in [0.25, 0.3) is 0 Å². The summed E-state index contributed by atoms with van der Waals surface area (Å²) in [5, 5.41) is 10.4. The monoisotopic (exact) mass is 331 g/mol. The van der Waals surface area contributed by atoms with Crippen molar-refractivity contribution in [3.05, 3.63) is 34.4 Å². The molecule has 1 heterocycles. The zero-order chi connectivity index (χ0) is 17.6. The van der Waals surface area contributed by atoms with Crippen molar-refractivity contribution in [1.82, 2.24) is 5.32 Å². The quantitative estimate of drug-likeness (QED) is 0.833. The highest BCUT2D eigenvalue weighted by Gasteiger charge is 2.38. The molecule has 1 saturated heterocycles. The molecule has 0 unspecified atom stereocenters. The number of carboxylic acids is 1. The Morgan fingerprint density at radius 2 is 1.70 bits per heavy atom. The molecular weight excluding hydrogens is 311 g/mol. The van der Waals surface area contributed by atoms with Gasteiger partial charge in [-0.2, -0.15) is 13.2 Å². The SMILES string of the molecule is CCc1cc(C2CNC2)cc(CC)c1C=O.O=C(O)C(F)(F)F. The van der Waals surface area contributed by atoms with Crippen LogP contribution in [0.5, 0.6) is 0 Å². The maximum absolute atomic E-state index is 11.1. The van der Waals surface area contributed by atoms with Gasteiger partial charge >= 0.3 is 12.1 Å².